The molecule has 3 aromatic heterocycles. The van der Waals surface area contributed by atoms with Crippen molar-refractivity contribution in [2.45, 2.75) is 44.1 Å². The fourth-order valence-corrected chi connectivity index (χ4v) is 4.93. The molecule has 0 radical (unpaired) electrons. The topological polar surface area (TPSA) is 116 Å². The number of alkyl halides is 3. The lowest BCUT2D eigenvalue weighted by molar-refractivity contribution is -0.184. The van der Waals surface area contributed by atoms with Gasteiger partial charge in [-0.05, 0) is 38.0 Å². The van der Waals surface area contributed by atoms with E-state index >= 15 is 0 Å². The lowest BCUT2D eigenvalue weighted by Crippen LogP contribution is -2.40. The van der Waals surface area contributed by atoms with Gasteiger partial charge >= 0.3 is 12.3 Å². The maximum absolute atomic E-state index is 14.3. The normalized spacial score (nSPS) is 17.9. The molecule has 2 atom stereocenters. The molecule has 1 aliphatic heterocycles. The van der Waals surface area contributed by atoms with Gasteiger partial charge in [0, 0.05) is 36.3 Å². The average Bonchev–Trinajstić information content (AvgIpc) is 3.43. The van der Waals surface area contributed by atoms with Crippen molar-refractivity contribution in [3.05, 3.63) is 59.8 Å². The number of rotatable bonds is 5. The number of likely N-dealkylation sites (tertiary alicyclic amines) is 1. The fraction of sp³-hybridized carbons (Fsp3) is 0.360. The number of hydrogen-bond acceptors (Lipinski definition) is 6. The van der Waals surface area contributed by atoms with Crippen molar-refractivity contribution < 1.29 is 28.2 Å². The van der Waals surface area contributed by atoms with Crippen LogP contribution in [0.5, 0.6) is 0 Å². The van der Waals surface area contributed by atoms with Crippen molar-refractivity contribution >= 4 is 22.6 Å². The zero-order chi connectivity index (χ0) is 26.5. The van der Waals surface area contributed by atoms with Gasteiger partial charge in [-0.2, -0.15) is 13.2 Å². The summed E-state index contributed by atoms with van der Waals surface area (Å²) >= 11 is 0. The SMILES string of the molecule is CC(C)(O)c1cccc2ccc(-c3nnc4ccc([C@@H](N5CCC(NC(=O)O)C5)C(F)(F)F)cn34)nc12. The summed E-state index contributed by atoms with van der Waals surface area (Å²) in [4.78, 5) is 16.9. The number of carbonyl (C=O) groups is 1. The van der Waals surface area contributed by atoms with E-state index in [1.165, 1.54) is 27.6 Å². The van der Waals surface area contributed by atoms with E-state index in [1.807, 2.05) is 18.2 Å². The predicted molar refractivity (Wildman–Crippen MR) is 129 cm³/mol. The second-order valence-corrected chi connectivity index (χ2v) is 9.72. The number of nitrogens with zero attached hydrogens (tertiary/aromatic N) is 5. The summed E-state index contributed by atoms with van der Waals surface area (Å²) in [5.41, 5.74) is 0.733. The minimum absolute atomic E-state index is 0.0185. The third-order valence-electron chi connectivity index (χ3n) is 6.57. The van der Waals surface area contributed by atoms with Crippen LogP contribution in [0.25, 0.3) is 28.1 Å². The predicted octanol–water partition coefficient (Wildman–Crippen LogP) is 4.12. The van der Waals surface area contributed by atoms with Crippen LogP contribution >= 0.6 is 0 Å². The second kappa shape index (κ2) is 8.96. The quantitative estimate of drug-likeness (QED) is 0.367. The van der Waals surface area contributed by atoms with Gasteiger partial charge in [0.05, 0.1) is 11.1 Å². The van der Waals surface area contributed by atoms with E-state index in [4.69, 9.17) is 10.1 Å². The first kappa shape index (κ1) is 24.9. The van der Waals surface area contributed by atoms with Crippen molar-refractivity contribution in [3.63, 3.8) is 0 Å². The van der Waals surface area contributed by atoms with E-state index in [-0.39, 0.29) is 30.9 Å². The summed E-state index contributed by atoms with van der Waals surface area (Å²) in [6.45, 7) is 3.34. The van der Waals surface area contributed by atoms with Crippen LogP contribution in [-0.2, 0) is 5.60 Å². The van der Waals surface area contributed by atoms with Crippen LogP contribution in [-0.4, -0.2) is 66.1 Å². The number of nitrogens with one attached hydrogen (secondary N) is 1. The molecular formula is C25H25F3N6O3. The number of halogens is 3. The molecule has 4 aromatic rings. The van der Waals surface area contributed by atoms with Gasteiger partial charge in [-0.25, -0.2) is 9.78 Å². The summed E-state index contributed by atoms with van der Waals surface area (Å²) in [7, 11) is 0. The van der Waals surface area contributed by atoms with Gasteiger partial charge in [0.15, 0.2) is 11.5 Å². The third-order valence-corrected chi connectivity index (χ3v) is 6.57. The van der Waals surface area contributed by atoms with Crippen LogP contribution in [0.3, 0.4) is 0 Å². The van der Waals surface area contributed by atoms with Crippen molar-refractivity contribution in [1.29, 1.82) is 0 Å². The Morgan fingerprint density at radius 2 is 1.92 bits per heavy atom. The highest BCUT2D eigenvalue weighted by Crippen LogP contribution is 2.40. The molecule has 9 nitrogen and oxygen atoms in total. The first-order chi connectivity index (χ1) is 17.4. The van der Waals surface area contributed by atoms with Crippen molar-refractivity contribution in [3.8, 4) is 11.5 Å². The molecule has 1 fully saturated rings. The maximum atomic E-state index is 14.3. The monoisotopic (exact) mass is 514 g/mol. The molecule has 1 aliphatic rings. The van der Waals surface area contributed by atoms with Gasteiger partial charge < -0.3 is 15.5 Å². The highest BCUT2D eigenvalue weighted by molar-refractivity contribution is 5.84. The third kappa shape index (κ3) is 4.81. The van der Waals surface area contributed by atoms with Crippen LogP contribution in [0.4, 0.5) is 18.0 Å². The van der Waals surface area contributed by atoms with Crippen molar-refractivity contribution in [2.75, 3.05) is 13.1 Å². The van der Waals surface area contributed by atoms with Gasteiger partial charge in [-0.15, -0.1) is 10.2 Å². The van der Waals surface area contributed by atoms with E-state index < -0.39 is 30.0 Å². The molecule has 37 heavy (non-hydrogen) atoms. The summed E-state index contributed by atoms with van der Waals surface area (Å²) in [5.74, 6) is 0.261. The first-order valence-corrected chi connectivity index (χ1v) is 11.7. The Kier molecular flexibility index (Phi) is 6.03. The van der Waals surface area contributed by atoms with E-state index in [1.54, 1.807) is 26.0 Å². The number of aromatic nitrogens is 4. The molecule has 194 valence electrons. The van der Waals surface area contributed by atoms with E-state index in [0.29, 0.717) is 22.4 Å². The molecule has 0 saturated carbocycles. The fourth-order valence-electron chi connectivity index (χ4n) is 4.93. The molecule has 1 saturated heterocycles. The van der Waals surface area contributed by atoms with E-state index in [2.05, 4.69) is 15.5 Å². The smallest absolute Gasteiger partial charge is 0.408 e. The molecule has 1 aromatic carbocycles. The van der Waals surface area contributed by atoms with Gasteiger partial charge in [0.25, 0.3) is 0 Å². The minimum atomic E-state index is -4.59. The van der Waals surface area contributed by atoms with Crippen LogP contribution in [0, 0.1) is 0 Å². The second-order valence-electron chi connectivity index (χ2n) is 9.72. The summed E-state index contributed by atoms with van der Waals surface area (Å²) in [6, 6.07) is 9.30. The number of benzene rings is 1. The van der Waals surface area contributed by atoms with Crippen molar-refractivity contribution in [1.82, 2.24) is 29.8 Å². The Morgan fingerprint density at radius 3 is 2.62 bits per heavy atom. The number of carboxylic acid groups (broad SMARTS) is 1. The zero-order valence-corrected chi connectivity index (χ0v) is 20.1. The molecule has 5 rings (SSSR count). The number of para-hydroxylation sites is 1. The lowest BCUT2D eigenvalue weighted by Gasteiger charge is -2.30. The number of pyridine rings is 2. The van der Waals surface area contributed by atoms with Crippen LogP contribution < -0.4 is 5.32 Å². The number of amides is 1. The largest absolute Gasteiger partial charge is 0.465 e. The Bertz CT molecular complexity index is 1480. The molecule has 1 unspecified atom stereocenters. The zero-order valence-electron chi connectivity index (χ0n) is 20.1. The highest BCUT2D eigenvalue weighted by atomic mass is 19.4. The Labute approximate surface area is 209 Å². The molecule has 4 heterocycles. The number of fused-ring (bicyclic) bond motifs is 2. The van der Waals surface area contributed by atoms with Crippen LogP contribution in [0.15, 0.2) is 48.7 Å². The first-order valence-electron chi connectivity index (χ1n) is 11.7. The van der Waals surface area contributed by atoms with Crippen molar-refractivity contribution in [2.24, 2.45) is 0 Å². The standard InChI is InChI=1S/C25H25F3N6O3/c1-24(2,37)17-5-3-4-14-6-8-18(30-20(14)17)22-32-31-19-9-7-15(12-34(19)22)21(25(26,27)28)33-11-10-16(13-33)29-23(35)36/h3-9,12,16,21,29,37H,10-11,13H2,1-2H3,(H,35,36)/t16?,21-/m1/s1. The summed E-state index contributed by atoms with van der Waals surface area (Å²) in [6.07, 6.45) is -4.22. The lowest BCUT2D eigenvalue weighted by atomic mass is 9.95. The summed E-state index contributed by atoms with van der Waals surface area (Å²) < 4.78 is 44.3. The molecular weight excluding hydrogens is 489 g/mol. The van der Waals surface area contributed by atoms with Gasteiger partial charge in [0.1, 0.15) is 11.7 Å². The Morgan fingerprint density at radius 1 is 1.14 bits per heavy atom. The molecule has 1 amide bonds. The minimum Gasteiger partial charge on any atom is -0.465 e. The summed E-state index contributed by atoms with van der Waals surface area (Å²) in [5, 5.41) is 30.9. The molecule has 0 spiro atoms. The number of aliphatic hydroxyl groups is 1. The van der Waals surface area contributed by atoms with Gasteiger partial charge in [-0.3, -0.25) is 9.30 Å². The average molecular weight is 515 g/mol. The van der Waals surface area contributed by atoms with E-state index in [0.717, 1.165) is 5.39 Å². The Balaban J connectivity index is 1.57. The number of hydrogen-bond donors (Lipinski definition) is 3. The molecule has 0 bridgehead atoms. The molecule has 12 heteroatoms. The molecule has 0 aliphatic carbocycles. The highest BCUT2D eigenvalue weighted by Gasteiger charge is 2.47. The Hall–Kier alpha value is -3.77. The maximum Gasteiger partial charge on any atom is 0.408 e. The molecule has 3 N–H and O–H groups in total. The van der Waals surface area contributed by atoms with E-state index in [9.17, 15) is 23.1 Å². The van der Waals surface area contributed by atoms with Crippen LogP contribution in [0.1, 0.15) is 37.4 Å². The van der Waals surface area contributed by atoms with Gasteiger partial charge in [0.2, 0.25) is 0 Å². The van der Waals surface area contributed by atoms with Gasteiger partial charge in [-0.1, -0.05) is 30.3 Å². The van der Waals surface area contributed by atoms with Crippen LogP contribution in [0.2, 0.25) is 0 Å².